The fraction of sp³-hybridized carbons (Fsp3) is 0. The van der Waals surface area contributed by atoms with Crippen LogP contribution in [0, 0.1) is 21.4 Å². The van der Waals surface area contributed by atoms with Gasteiger partial charge in [0.1, 0.15) is 11.8 Å². The molecule has 0 saturated carbocycles. The minimum Gasteiger partial charge on any atom is -0.437 e. The molecule has 0 aliphatic rings. The predicted octanol–water partition coefficient (Wildman–Crippen LogP) is 4.97. The SMILES string of the molecule is N#Cc1nc(Oc2ccc(-c3ccccc3)cc2Cl)ccc1[N+](=O)[O-]. The standard InChI is InChI=1S/C18H10ClN3O3/c19-14-10-13(12-4-2-1-3-5-12)6-8-17(14)25-18-9-7-16(22(23)24)15(11-20)21-18/h1-10H. The van der Waals surface area contributed by atoms with Crippen molar-refractivity contribution in [2.24, 2.45) is 0 Å². The van der Waals surface area contributed by atoms with Crippen molar-refractivity contribution in [1.29, 1.82) is 5.26 Å². The summed E-state index contributed by atoms with van der Waals surface area (Å²) in [5.74, 6) is 0.392. The molecular formula is C18H10ClN3O3. The summed E-state index contributed by atoms with van der Waals surface area (Å²) in [4.78, 5) is 14.0. The molecule has 0 unspecified atom stereocenters. The maximum atomic E-state index is 10.8. The summed E-state index contributed by atoms with van der Waals surface area (Å²) in [6.45, 7) is 0. The van der Waals surface area contributed by atoms with E-state index in [1.807, 2.05) is 36.4 Å². The Morgan fingerprint density at radius 3 is 2.48 bits per heavy atom. The molecule has 0 radical (unpaired) electrons. The van der Waals surface area contributed by atoms with Crippen LogP contribution in [-0.2, 0) is 0 Å². The van der Waals surface area contributed by atoms with Crippen molar-refractivity contribution in [2.45, 2.75) is 0 Å². The summed E-state index contributed by atoms with van der Waals surface area (Å²) in [5.41, 5.74) is 1.24. The zero-order valence-electron chi connectivity index (χ0n) is 12.7. The molecule has 1 aromatic heterocycles. The van der Waals surface area contributed by atoms with Gasteiger partial charge in [0.15, 0.2) is 0 Å². The van der Waals surface area contributed by atoms with Gasteiger partial charge in [-0.25, -0.2) is 0 Å². The number of benzene rings is 2. The fourth-order valence-corrected chi connectivity index (χ4v) is 2.45. The van der Waals surface area contributed by atoms with E-state index < -0.39 is 4.92 Å². The first-order valence-corrected chi connectivity index (χ1v) is 7.54. The van der Waals surface area contributed by atoms with Gasteiger partial charge in [0.05, 0.1) is 9.95 Å². The highest BCUT2D eigenvalue weighted by atomic mass is 35.5. The summed E-state index contributed by atoms with van der Waals surface area (Å²) in [7, 11) is 0. The van der Waals surface area contributed by atoms with Crippen LogP contribution in [0.2, 0.25) is 5.02 Å². The van der Waals surface area contributed by atoms with Crippen LogP contribution in [0.5, 0.6) is 11.6 Å². The Hall–Kier alpha value is -3.43. The fourth-order valence-electron chi connectivity index (χ4n) is 2.23. The summed E-state index contributed by atoms with van der Waals surface area (Å²) in [5, 5.41) is 20.2. The van der Waals surface area contributed by atoms with Gasteiger partial charge in [-0.05, 0) is 23.3 Å². The molecular weight excluding hydrogens is 342 g/mol. The van der Waals surface area contributed by atoms with Crippen LogP contribution < -0.4 is 4.74 Å². The van der Waals surface area contributed by atoms with Gasteiger partial charge in [-0.2, -0.15) is 10.2 Å². The Morgan fingerprint density at radius 1 is 1.08 bits per heavy atom. The molecule has 0 saturated heterocycles. The van der Waals surface area contributed by atoms with E-state index in [1.165, 1.54) is 12.1 Å². The predicted molar refractivity (Wildman–Crippen MR) is 92.6 cm³/mol. The monoisotopic (exact) mass is 351 g/mol. The maximum absolute atomic E-state index is 10.8. The molecule has 0 amide bonds. The number of halogens is 1. The molecule has 0 aliphatic heterocycles. The van der Waals surface area contributed by atoms with E-state index in [0.29, 0.717) is 10.8 Å². The van der Waals surface area contributed by atoms with E-state index in [0.717, 1.165) is 11.1 Å². The number of hydrogen-bond acceptors (Lipinski definition) is 5. The molecule has 0 spiro atoms. The second-order valence-electron chi connectivity index (χ2n) is 5.00. The normalized spacial score (nSPS) is 10.1. The summed E-state index contributed by atoms with van der Waals surface area (Å²) >= 11 is 6.26. The smallest absolute Gasteiger partial charge is 0.305 e. The molecule has 0 bridgehead atoms. The second kappa shape index (κ2) is 6.99. The number of nitriles is 1. The van der Waals surface area contributed by atoms with Gasteiger partial charge in [0.25, 0.3) is 0 Å². The molecule has 3 aromatic rings. The Bertz CT molecular complexity index is 985. The number of nitrogens with zero attached hydrogens (tertiary/aromatic N) is 3. The van der Waals surface area contributed by atoms with Gasteiger partial charge >= 0.3 is 5.69 Å². The van der Waals surface area contributed by atoms with Gasteiger partial charge in [0.2, 0.25) is 11.6 Å². The van der Waals surface area contributed by atoms with Gasteiger partial charge in [-0.15, -0.1) is 0 Å². The van der Waals surface area contributed by atoms with Crippen LogP contribution in [0.3, 0.4) is 0 Å². The van der Waals surface area contributed by atoms with Crippen LogP contribution in [0.1, 0.15) is 5.69 Å². The van der Waals surface area contributed by atoms with Crippen LogP contribution >= 0.6 is 11.6 Å². The molecule has 3 rings (SSSR count). The molecule has 25 heavy (non-hydrogen) atoms. The number of rotatable bonds is 4. The molecule has 0 N–H and O–H groups in total. The lowest BCUT2D eigenvalue weighted by atomic mass is 10.1. The molecule has 0 atom stereocenters. The molecule has 7 heteroatoms. The zero-order chi connectivity index (χ0) is 17.8. The third kappa shape index (κ3) is 3.57. The minimum atomic E-state index is -0.670. The summed E-state index contributed by atoms with van der Waals surface area (Å²) in [6, 6.07) is 19.2. The van der Waals surface area contributed by atoms with Crippen molar-refractivity contribution in [1.82, 2.24) is 4.98 Å². The number of aromatic nitrogens is 1. The van der Waals surface area contributed by atoms with Crippen LogP contribution in [0.4, 0.5) is 5.69 Å². The van der Waals surface area contributed by atoms with Crippen LogP contribution in [0.15, 0.2) is 60.7 Å². The summed E-state index contributed by atoms with van der Waals surface area (Å²) in [6.07, 6.45) is 0. The van der Waals surface area contributed by atoms with Gasteiger partial charge < -0.3 is 4.74 Å². The number of nitro groups is 1. The Balaban J connectivity index is 1.89. The van der Waals surface area contributed by atoms with E-state index >= 15 is 0 Å². The Kier molecular flexibility index (Phi) is 4.59. The average Bonchev–Trinajstić information content (AvgIpc) is 2.63. The molecule has 122 valence electrons. The third-order valence-corrected chi connectivity index (χ3v) is 3.70. The van der Waals surface area contributed by atoms with Crippen molar-refractivity contribution in [3.8, 4) is 28.8 Å². The highest BCUT2D eigenvalue weighted by molar-refractivity contribution is 6.32. The number of pyridine rings is 1. The Labute approximate surface area is 148 Å². The molecule has 6 nitrogen and oxygen atoms in total. The lowest BCUT2D eigenvalue weighted by Crippen LogP contribution is -1.97. The van der Waals surface area contributed by atoms with E-state index in [1.54, 1.807) is 18.2 Å². The van der Waals surface area contributed by atoms with Crippen molar-refractivity contribution in [3.63, 3.8) is 0 Å². The molecule has 0 fully saturated rings. The molecule has 1 heterocycles. The minimum absolute atomic E-state index is 0.0523. The number of hydrogen-bond donors (Lipinski definition) is 0. The summed E-state index contributed by atoms with van der Waals surface area (Å²) < 4.78 is 5.56. The first-order valence-electron chi connectivity index (χ1n) is 7.17. The quantitative estimate of drug-likeness (QED) is 0.488. The van der Waals surface area contributed by atoms with E-state index in [9.17, 15) is 10.1 Å². The largest absolute Gasteiger partial charge is 0.437 e. The highest BCUT2D eigenvalue weighted by Gasteiger charge is 2.17. The maximum Gasteiger partial charge on any atom is 0.305 e. The van der Waals surface area contributed by atoms with Crippen molar-refractivity contribution in [2.75, 3.05) is 0 Å². The van der Waals surface area contributed by atoms with E-state index in [4.69, 9.17) is 21.6 Å². The number of ether oxygens (including phenoxy) is 1. The van der Waals surface area contributed by atoms with E-state index in [2.05, 4.69) is 4.98 Å². The first kappa shape index (κ1) is 16.4. The van der Waals surface area contributed by atoms with Crippen LogP contribution in [0.25, 0.3) is 11.1 Å². The van der Waals surface area contributed by atoms with Gasteiger partial charge in [0, 0.05) is 12.1 Å². The van der Waals surface area contributed by atoms with Crippen molar-refractivity contribution < 1.29 is 9.66 Å². The zero-order valence-corrected chi connectivity index (χ0v) is 13.5. The average molecular weight is 352 g/mol. The topological polar surface area (TPSA) is 89.0 Å². The van der Waals surface area contributed by atoms with Crippen LogP contribution in [-0.4, -0.2) is 9.91 Å². The van der Waals surface area contributed by atoms with E-state index in [-0.39, 0.29) is 17.3 Å². The first-order chi connectivity index (χ1) is 12.1. The van der Waals surface area contributed by atoms with Gasteiger partial charge in [-0.3, -0.25) is 10.1 Å². The third-order valence-electron chi connectivity index (χ3n) is 3.40. The highest BCUT2D eigenvalue weighted by Crippen LogP contribution is 2.33. The lowest BCUT2D eigenvalue weighted by molar-refractivity contribution is -0.385. The lowest BCUT2D eigenvalue weighted by Gasteiger charge is -2.09. The van der Waals surface area contributed by atoms with Gasteiger partial charge in [-0.1, -0.05) is 48.0 Å². The second-order valence-corrected chi connectivity index (χ2v) is 5.41. The Morgan fingerprint density at radius 2 is 1.84 bits per heavy atom. The molecule has 0 aliphatic carbocycles. The molecule has 2 aromatic carbocycles. The van der Waals surface area contributed by atoms with Crippen molar-refractivity contribution >= 4 is 17.3 Å². The van der Waals surface area contributed by atoms with Crippen molar-refractivity contribution in [3.05, 3.63) is 81.5 Å².